The van der Waals surface area contributed by atoms with Gasteiger partial charge < -0.3 is 4.74 Å². The molecule has 0 atom stereocenters. The van der Waals surface area contributed by atoms with Gasteiger partial charge in [-0.15, -0.1) is 0 Å². The lowest BCUT2D eigenvalue weighted by Gasteiger charge is -2.04. The molecular formula is C9H5Cl2NOS. The van der Waals surface area contributed by atoms with Gasteiger partial charge in [-0.25, -0.2) is 4.98 Å². The average Bonchev–Trinajstić information content (AvgIpc) is 2.66. The number of rotatable bonds is 2. The average molecular weight is 246 g/mol. The summed E-state index contributed by atoms with van der Waals surface area (Å²) in [5, 5.41) is 1.59. The summed E-state index contributed by atoms with van der Waals surface area (Å²) >= 11 is 13.2. The molecule has 0 spiro atoms. The van der Waals surface area contributed by atoms with Crippen LogP contribution < -0.4 is 4.74 Å². The van der Waals surface area contributed by atoms with Crippen molar-refractivity contribution in [3.63, 3.8) is 0 Å². The van der Waals surface area contributed by atoms with Gasteiger partial charge in [-0.1, -0.05) is 40.6 Å². The van der Waals surface area contributed by atoms with Crippen LogP contribution in [0.15, 0.2) is 29.9 Å². The first kappa shape index (κ1) is 9.77. The van der Waals surface area contributed by atoms with E-state index in [1.165, 1.54) is 11.3 Å². The molecular weight excluding hydrogens is 241 g/mol. The molecule has 14 heavy (non-hydrogen) atoms. The molecule has 0 bridgehead atoms. The van der Waals surface area contributed by atoms with Crippen molar-refractivity contribution in [1.82, 2.24) is 4.98 Å². The lowest BCUT2D eigenvalue weighted by Crippen LogP contribution is -1.82. The molecule has 72 valence electrons. The zero-order valence-corrected chi connectivity index (χ0v) is 9.23. The van der Waals surface area contributed by atoms with Crippen LogP contribution in [-0.2, 0) is 0 Å². The number of hydrogen-bond acceptors (Lipinski definition) is 3. The van der Waals surface area contributed by atoms with Gasteiger partial charge in [0.1, 0.15) is 10.8 Å². The smallest absolute Gasteiger partial charge is 0.200 e. The van der Waals surface area contributed by atoms with Crippen LogP contribution in [0.3, 0.4) is 0 Å². The predicted molar refractivity (Wildman–Crippen MR) is 58.7 cm³/mol. The lowest BCUT2D eigenvalue weighted by atomic mass is 10.3. The zero-order valence-electron chi connectivity index (χ0n) is 6.91. The van der Waals surface area contributed by atoms with E-state index in [2.05, 4.69) is 4.98 Å². The standard InChI is InChI=1S/C9H5Cl2NOS/c10-6-2-1-3-7(9(6)11)13-8-4-12-5-14-8/h1-5H. The predicted octanol–water partition coefficient (Wildman–Crippen LogP) is 4.24. The molecule has 0 amide bonds. The van der Waals surface area contributed by atoms with E-state index in [9.17, 15) is 0 Å². The molecule has 2 rings (SSSR count). The van der Waals surface area contributed by atoms with Crippen LogP contribution in [0.5, 0.6) is 10.8 Å². The summed E-state index contributed by atoms with van der Waals surface area (Å²) < 4.78 is 5.47. The summed E-state index contributed by atoms with van der Waals surface area (Å²) in [6, 6.07) is 5.25. The zero-order chi connectivity index (χ0) is 9.97. The molecule has 0 aliphatic heterocycles. The Morgan fingerprint density at radius 1 is 1.29 bits per heavy atom. The molecule has 0 unspecified atom stereocenters. The minimum Gasteiger partial charge on any atom is -0.443 e. The number of thiazole rings is 1. The highest BCUT2D eigenvalue weighted by Crippen LogP contribution is 2.35. The van der Waals surface area contributed by atoms with Gasteiger partial charge in [0.15, 0.2) is 0 Å². The lowest BCUT2D eigenvalue weighted by molar-refractivity contribution is 0.495. The number of nitrogens with zero attached hydrogens (tertiary/aromatic N) is 1. The summed E-state index contributed by atoms with van der Waals surface area (Å²) in [5.74, 6) is 0.545. The van der Waals surface area contributed by atoms with Gasteiger partial charge in [-0.3, -0.25) is 0 Å². The van der Waals surface area contributed by atoms with Crippen molar-refractivity contribution in [1.29, 1.82) is 0 Å². The van der Waals surface area contributed by atoms with Crippen molar-refractivity contribution in [3.05, 3.63) is 40.0 Å². The SMILES string of the molecule is Clc1cccc(Oc2cncs2)c1Cl. The van der Waals surface area contributed by atoms with Gasteiger partial charge in [-0.2, -0.15) is 0 Å². The van der Waals surface area contributed by atoms with Crippen molar-refractivity contribution in [2.24, 2.45) is 0 Å². The van der Waals surface area contributed by atoms with Crippen LogP contribution in [0.25, 0.3) is 0 Å². The van der Waals surface area contributed by atoms with E-state index < -0.39 is 0 Å². The molecule has 0 radical (unpaired) electrons. The second-order valence-electron chi connectivity index (χ2n) is 2.47. The maximum Gasteiger partial charge on any atom is 0.200 e. The number of benzene rings is 1. The Balaban J connectivity index is 2.29. The molecule has 0 fully saturated rings. The van der Waals surface area contributed by atoms with Crippen LogP contribution in [0.4, 0.5) is 0 Å². The molecule has 1 aromatic carbocycles. The van der Waals surface area contributed by atoms with Crippen molar-refractivity contribution >= 4 is 34.5 Å². The van der Waals surface area contributed by atoms with E-state index >= 15 is 0 Å². The Morgan fingerprint density at radius 2 is 2.14 bits per heavy atom. The number of ether oxygens (including phenoxy) is 1. The first-order valence-corrected chi connectivity index (χ1v) is 5.41. The van der Waals surface area contributed by atoms with Crippen molar-refractivity contribution in [2.75, 3.05) is 0 Å². The van der Waals surface area contributed by atoms with Crippen LogP contribution in [0.2, 0.25) is 10.0 Å². The Morgan fingerprint density at radius 3 is 2.86 bits per heavy atom. The third kappa shape index (κ3) is 2.00. The van der Waals surface area contributed by atoms with E-state index in [4.69, 9.17) is 27.9 Å². The second kappa shape index (κ2) is 4.17. The third-order valence-electron chi connectivity index (χ3n) is 1.54. The largest absolute Gasteiger partial charge is 0.443 e. The molecule has 5 heteroatoms. The fourth-order valence-electron chi connectivity index (χ4n) is 0.926. The molecule has 0 N–H and O–H groups in total. The van der Waals surface area contributed by atoms with Gasteiger partial charge in [-0.05, 0) is 12.1 Å². The van der Waals surface area contributed by atoms with Gasteiger partial charge in [0, 0.05) is 0 Å². The minimum atomic E-state index is 0.419. The van der Waals surface area contributed by atoms with Gasteiger partial charge in [0.25, 0.3) is 0 Å². The number of aromatic nitrogens is 1. The normalized spacial score (nSPS) is 10.1. The number of halogens is 2. The summed E-state index contributed by atoms with van der Waals surface area (Å²) in [7, 11) is 0. The quantitative estimate of drug-likeness (QED) is 0.790. The van der Waals surface area contributed by atoms with Crippen LogP contribution in [0.1, 0.15) is 0 Å². The topological polar surface area (TPSA) is 22.1 Å². The highest BCUT2D eigenvalue weighted by atomic mass is 35.5. The summed E-state index contributed by atoms with van der Waals surface area (Å²) in [4.78, 5) is 3.89. The number of hydrogen-bond donors (Lipinski definition) is 0. The molecule has 1 aromatic heterocycles. The van der Waals surface area contributed by atoms with Crippen molar-refractivity contribution < 1.29 is 4.74 Å². The first-order chi connectivity index (χ1) is 6.77. The summed E-state index contributed by atoms with van der Waals surface area (Å²) in [6.45, 7) is 0. The van der Waals surface area contributed by atoms with Crippen molar-refractivity contribution in [2.45, 2.75) is 0 Å². The molecule has 2 aromatic rings. The molecule has 0 saturated heterocycles. The van der Waals surface area contributed by atoms with Gasteiger partial charge in [0.2, 0.25) is 5.06 Å². The Bertz CT molecular complexity index is 430. The summed E-state index contributed by atoms with van der Waals surface area (Å²) in [5.41, 5.74) is 1.69. The Kier molecular flexibility index (Phi) is 2.91. The maximum atomic E-state index is 5.94. The van der Waals surface area contributed by atoms with Crippen molar-refractivity contribution in [3.8, 4) is 10.8 Å². The van der Waals surface area contributed by atoms with E-state index in [0.717, 1.165) is 0 Å². The molecule has 0 aliphatic carbocycles. The fraction of sp³-hybridized carbons (Fsp3) is 0. The van der Waals surface area contributed by atoms with Gasteiger partial charge >= 0.3 is 0 Å². The fourth-order valence-corrected chi connectivity index (χ4v) is 1.74. The monoisotopic (exact) mass is 245 g/mol. The van der Waals surface area contributed by atoms with E-state index in [1.807, 2.05) is 0 Å². The van der Waals surface area contributed by atoms with Crippen LogP contribution >= 0.6 is 34.5 Å². The van der Waals surface area contributed by atoms with Crippen LogP contribution in [0, 0.1) is 0 Å². The maximum absolute atomic E-state index is 5.94. The third-order valence-corrected chi connectivity index (χ3v) is 2.99. The molecule has 0 saturated carbocycles. The Hall–Kier alpha value is -0.770. The van der Waals surface area contributed by atoms with E-state index in [-0.39, 0.29) is 0 Å². The van der Waals surface area contributed by atoms with Crippen LogP contribution in [-0.4, -0.2) is 4.98 Å². The molecule has 0 aliphatic rings. The van der Waals surface area contributed by atoms with E-state index in [1.54, 1.807) is 29.9 Å². The molecule has 2 nitrogen and oxygen atoms in total. The van der Waals surface area contributed by atoms with Gasteiger partial charge in [0.05, 0.1) is 16.7 Å². The second-order valence-corrected chi connectivity index (χ2v) is 4.11. The van der Waals surface area contributed by atoms with E-state index in [0.29, 0.717) is 20.9 Å². The first-order valence-electron chi connectivity index (χ1n) is 3.78. The molecule has 1 heterocycles. The highest BCUT2D eigenvalue weighted by molar-refractivity contribution is 7.11. The highest BCUT2D eigenvalue weighted by Gasteiger charge is 2.06. The summed E-state index contributed by atoms with van der Waals surface area (Å²) in [6.07, 6.45) is 1.63. The Labute approximate surface area is 95.1 Å². The minimum absolute atomic E-state index is 0.419.